The smallest absolute Gasteiger partial charge is 0.289 e. The lowest BCUT2D eigenvalue weighted by Gasteiger charge is -2.13. The number of hydrogen-bond acceptors (Lipinski definition) is 3. The Morgan fingerprint density at radius 1 is 1.19 bits per heavy atom. The number of alkyl halides is 2. The van der Waals surface area contributed by atoms with Crippen LogP contribution in [0.1, 0.15) is 12.5 Å². The van der Waals surface area contributed by atoms with Crippen molar-refractivity contribution in [1.29, 1.82) is 0 Å². The number of rotatable bonds is 5. The Morgan fingerprint density at radius 2 is 1.81 bits per heavy atom. The van der Waals surface area contributed by atoms with Gasteiger partial charge in [-0.2, -0.15) is 8.78 Å². The molecule has 1 aromatic carbocycles. The Balaban J connectivity index is 3.15. The summed E-state index contributed by atoms with van der Waals surface area (Å²) < 4.78 is 34.9. The van der Waals surface area contributed by atoms with Gasteiger partial charge in [0.15, 0.2) is 0 Å². The third kappa shape index (κ3) is 3.01. The van der Waals surface area contributed by atoms with Gasteiger partial charge in [-0.25, -0.2) is 0 Å². The molecule has 0 aromatic heterocycles. The summed E-state index contributed by atoms with van der Waals surface area (Å²) in [5, 5.41) is 0. The van der Waals surface area contributed by atoms with Gasteiger partial charge < -0.3 is 9.47 Å². The summed E-state index contributed by atoms with van der Waals surface area (Å²) in [6, 6.07) is 3.33. The fraction of sp³-hybridized carbons (Fsp3) is 0.455. The molecule has 0 amide bonds. The Hall–Kier alpha value is -0.970. The summed E-state index contributed by atoms with van der Waals surface area (Å²) in [4.78, 5) is 0.395. The number of thioether (sulfide) groups is 1. The van der Waals surface area contributed by atoms with E-state index in [9.17, 15) is 8.78 Å². The summed E-state index contributed by atoms with van der Waals surface area (Å²) in [5.74, 6) is -1.39. The van der Waals surface area contributed by atoms with Crippen molar-refractivity contribution >= 4 is 11.8 Å². The van der Waals surface area contributed by atoms with Gasteiger partial charge >= 0.3 is 0 Å². The van der Waals surface area contributed by atoms with Gasteiger partial charge in [-0.3, -0.25) is 0 Å². The van der Waals surface area contributed by atoms with E-state index in [-0.39, 0.29) is 0 Å². The largest absolute Gasteiger partial charge is 0.496 e. The van der Waals surface area contributed by atoms with E-state index in [0.717, 1.165) is 12.0 Å². The second-order valence-electron chi connectivity index (χ2n) is 3.05. The van der Waals surface area contributed by atoms with Gasteiger partial charge in [-0.15, -0.1) is 0 Å². The van der Waals surface area contributed by atoms with Crippen LogP contribution < -0.4 is 9.47 Å². The predicted molar refractivity (Wildman–Crippen MR) is 60.8 cm³/mol. The molecule has 90 valence electrons. The molecule has 0 spiro atoms. The maximum absolute atomic E-state index is 12.3. The zero-order valence-corrected chi connectivity index (χ0v) is 10.2. The van der Waals surface area contributed by atoms with Gasteiger partial charge in [-0.1, -0.05) is 18.7 Å². The molecule has 0 aliphatic carbocycles. The zero-order valence-electron chi connectivity index (χ0n) is 9.42. The highest BCUT2D eigenvalue weighted by Gasteiger charge is 2.14. The minimum atomic E-state index is -2.47. The van der Waals surface area contributed by atoms with Gasteiger partial charge in [0, 0.05) is 0 Å². The Bertz CT molecular complexity index is 356. The summed E-state index contributed by atoms with van der Waals surface area (Å²) >= 11 is 0.460. The fourth-order valence-corrected chi connectivity index (χ4v) is 2.02. The van der Waals surface area contributed by atoms with Crippen LogP contribution in [-0.2, 0) is 6.42 Å². The minimum absolute atomic E-state index is 0.395. The molecule has 0 atom stereocenters. The predicted octanol–water partition coefficient (Wildman–Crippen LogP) is 3.58. The highest BCUT2D eigenvalue weighted by molar-refractivity contribution is 7.99. The Labute approximate surface area is 97.9 Å². The lowest BCUT2D eigenvalue weighted by Crippen LogP contribution is -1.95. The molecular weight excluding hydrogens is 234 g/mol. The van der Waals surface area contributed by atoms with E-state index < -0.39 is 5.76 Å². The number of halogens is 2. The van der Waals surface area contributed by atoms with E-state index in [4.69, 9.17) is 9.47 Å². The number of benzene rings is 1. The Kier molecular flexibility index (Phi) is 4.86. The topological polar surface area (TPSA) is 18.5 Å². The van der Waals surface area contributed by atoms with Crippen LogP contribution in [0.3, 0.4) is 0 Å². The van der Waals surface area contributed by atoms with Crippen molar-refractivity contribution in [3.05, 3.63) is 17.7 Å². The van der Waals surface area contributed by atoms with Crippen LogP contribution in [0.5, 0.6) is 11.5 Å². The van der Waals surface area contributed by atoms with E-state index >= 15 is 0 Å². The third-order valence-corrected chi connectivity index (χ3v) is 2.91. The zero-order chi connectivity index (χ0) is 12.1. The number of hydrogen-bond donors (Lipinski definition) is 0. The molecular formula is C11H14F2O2S. The van der Waals surface area contributed by atoms with Crippen LogP contribution in [0.4, 0.5) is 8.78 Å². The van der Waals surface area contributed by atoms with Crippen molar-refractivity contribution in [2.24, 2.45) is 0 Å². The molecule has 0 aliphatic heterocycles. The maximum atomic E-state index is 12.3. The van der Waals surface area contributed by atoms with Gasteiger partial charge in [0.2, 0.25) is 0 Å². The molecule has 0 saturated heterocycles. The minimum Gasteiger partial charge on any atom is -0.496 e. The third-order valence-electron chi connectivity index (χ3n) is 2.16. The molecule has 0 saturated carbocycles. The first kappa shape index (κ1) is 13.1. The maximum Gasteiger partial charge on any atom is 0.289 e. The first-order valence-corrected chi connectivity index (χ1v) is 5.70. The Morgan fingerprint density at radius 3 is 2.25 bits per heavy atom. The van der Waals surface area contributed by atoms with E-state index in [1.807, 2.05) is 6.92 Å². The first-order chi connectivity index (χ1) is 7.62. The molecule has 0 unspecified atom stereocenters. The molecule has 16 heavy (non-hydrogen) atoms. The fourth-order valence-electron chi connectivity index (χ4n) is 1.40. The van der Waals surface area contributed by atoms with Crippen LogP contribution in [0, 0.1) is 0 Å². The summed E-state index contributed by atoms with van der Waals surface area (Å²) in [7, 11) is 2.99. The summed E-state index contributed by atoms with van der Waals surface area (Å²) in [6.07, 6.45) is 0.763. The van der Waals surface area contributed by atoms with Gasteiger partial charge in [-0.05, 0) is 24.1 Å². The highest BCUT2D eigenvalue weighted by Crippen LogP contribution is 2.38. The lowest BCUT2D eigenvalue weighted by molar-refractivity contribution is 0.251. The van der Waals surface area contributed by atoms with Crippen LogP contribution >= 0.6 is 11.8 Å². The van der Waals surface area contributed by atoms with Crippen molar-refractivity contribution in [2.75, 3.05) is 14.2 Å². The van der Waals surface area contributed by atoms with Gasteiger partial charge in [0.1, 0.15) is 11.5 Å². The van der Waals surface area contributed by atoms with E-state index in [1.165, 1.54) is 14.2 Å². The molecule has 0 radical (unpaired) electrons. The quantitative estimate of drug-likeness (QED) is 0.742. The van der Waals surface area contributed by atoms with Crippen molar-refractivity contribution < 1.29 is 18.3 Å². The first-order valence-electron chi connectivity index (χ1n) is 4.82. The van der Waals surface area contributed by atoms with E-state index in [0.29, 0.717) is 28.2 Å². The van der Waals surface area contributed by atoms with Crippen molar-refractivity contribution in [3.8, 4) is 11.5 Å². The molecule has 0 heterocycles. The van der Waals surface area contributed by atoms with Crippen LogP contribution in [0.2, 0.25) is 0 Å². The average Bonchev–Trinajstić information content (AvgIpc) is 2.27. The lowest BCUT2D eigenvalue weighted by atomic mass is 10.1. The van der Waals surface area contributed by atoms with Crippen molar-refractivity contribution in [2.45, 2.75) is 24.0 Å². The number of aryl methyl sites for hydroxylation is 1. The standard InChI is InChI=1S/C11H14F2O2S/c1-4-7-5-9(15-3)10(16-11(12)13)6-8(7)14-2/h5-6,11H,4H2,1-3H3. The number of methoxy groups -OCH3 is 2. The molecule has 1 rings (SSSR count). The normalized spacial score (nSPS) is 10.6. The molecule has 5 heteroatoms. The van der Waals surface area contributed by atoms with Crippen LogP contribution in [0.25, 0.3) is 0 Å². The molecule has 0 fully saturated rings. The van der Waals surface area contributed by atoms with Crippen molar-refractivity contribution in [3.63, 3.8) is 0 Å². The summed E-state index contributed by atoms with van der Waals surface area (Å²) in [5.41, 5.74) is 0.943. The van der Waals surface area contributed by atoms with Crippen LogP contribution in [0.15, 0.2) is 17.0 Å². The van der Waals surface area contributed by atoms with Gasteiger partial charge in [0.25, 0.3) is 5.76 Å². The monoisotopic (exact) mass is 248 g/mol. The van der Waals surface area contributed by atoms with Crippen molar-refractivity contribution in [1.82, 2.24) is 0 Å². The highest BCUT2D eigenvalue weighted by atomic mass is 32.2. The summed E-state index contributed by atoms with van der Waals surface area (Å²) in [6.45, 7) is 1.97. The second kappa shape index (κ2) is 5.94. The van der Waals surface area contributed by atoms with Crippen LogP contribution in [-0.4, -0.2) is 20.0 Å². The van der Waals surface area contributed by atoms with E-state index in [2.05, 4.69) is 0 Å². The van der Waals surface area contributed by atoms with E-state index in [1.54, 1.807) is 12.1 Å². The molecule has 0 N–H and O–H groups in total. The SMILES string of the molecule is CCc1cc(OC)c(SC(F)F)cc1OC. The van der Waals surface area contributed by atoms with Gasteiger partial charge in [0.05, 0.1) is 19.1 Å². The average molecular weight is 248 g/mol. The molecule has 2 nitrogen and oxygen atoms in total. The molecule has 1 aromatic rings. The molecule has 0 bridgehead atoms. The second-order valence-corrected chi connectivity index (χ2v) is 4.08. The molecule has 0 aliphatic rings. The number of ether oxygens (including phenoxy) is 2.